The monoisotopic (exact) mass is 502 g/mol. The molecule has 1 aliphatic rings. The summed E-state index contributed by atoms with van der Waals surface area (Å²) in [6.07, 6.45) is -2.88. The van der Waals surface area contributed by atoms with Crippen LogP contribution in [-0.2, 0) is 14.8 Å². The summed E-state index contributed by atoms with van der Waals surface area (Å²) in [4.78, 5) is 12.3. The molecule has 0 aromatic heterocycles. The fourth-order valence-electron chi connectivity index (χ4n) is 3.70. The molecule has 2 aromatic carbocycles. The molecule has 0 bridgehead atoms. The maximum Gasteiger partial charge on any atom is 0.573 e. The predicted octanol–water partition coefficient (Wildman–Crippen LogP) is 4.27. The van der Waals surface area contributed by atoms with Crippen molar-refractivity contribution in [2.75, 3.05) is 16.6 Å². The van der Waals surface area contributed by atoms with Gasteiger partial charge in [-0.05, 0) is 44.0 Å². The van der Waals surface area contributed by atoms with E-state index in [9.17, 15) is 31.5 Å². The number of rotatable bonds is 8. The third kappa shape index (κ3) is 6.76. The molecule has 1 aliphatic carbocycles. The van der Waals surface area contributed by atoms with Gasteiger partial charge in [-0.3, -0.25) is 9.52 Å². The first-order chi connectivity index (χ1) is 16.0. The summed E-state index contributed by atoms with van der Waals surface area (Å²) in [6.45, 7) is 1.77. The van der Waals surface area contributed by atoms with Gasteiger partial charge in [-0.15, -0.1) is 13.2 Å². The van der Waals surface area contributed by atoms with Crippen molar-refractivity contribution in [1.29, 1.82) is 0 Å². The first-order valence-corrected chi connectivity index (χ1v) is 12.1. The highest BCUT2D eigenvalue weighted by molar-refractivity contribution is 7.92. The number of alkyl halides is 3. The average Bonchev–Trinajstić information content (AvgIpc) is 2.73. The summed E-state index contributed by atoms with van der Waals surface area (Å²) in [5.74, 6) is -1.56. The Labute approximate surface area is 195 Å². The summed E-state index contributed by atoms with van der Waals surface area (Å²) in [5, 5.41) is 12.8. The van der Waals surface area contributed by atoms with Gasteiger partial charge < -0.3 is 19.9 Å². The van der Waals surface area contributed by atoms with E-state index in [0.717, 1.165) is 25.0 Å². The summed E-state index contributed by atoms with van der Waals surface area (Å²) in [5.41, 5.74) is 0.138. The van der Waals surface area contributed by atoms with Crippen LogP contribution in [0.2, 0.25) is 0 Å². The summed E-state index contributed by atoms with van der Waals surface area (Å²) < 4.78 is 74.7. The number of amides is 1. The van der Waals surface area contributed by atoms with Gasteiger partial charge in [-0.1, -0.05) is 18.9 Å². The van der Waals surface area contributed by atoms with Crippen LogP contribution < -0.4 is 19.5 Å². The molecule has 186 valence electrons. The number of carbonyl (C=O) groups excluding carboxylic acids is 1. The molecule has 0 aliphatic heterocycles. The quantitative estimate of drug-likeness (QED) is 0.497. The van der Waals surface area contributed by atoms with Crippen molar-refractivity contribution in [3.63, 3.8) is 0 Å². The standard InChI is InChI=1S/C22H25F3N2O6S/c1-2-32-19-13-14(26-21(29)17-8-3-4-9-18(17)28)10-11-20(19)34(30,31)27-15-6-5-7-16(12-15)33-22(23,24)25/h5-7,10-13,17-18,27-28H,2-4,8-9H2,1H3,(H,26,29)/t17-,18+/m0/s1. The summed E-state index contributed by atoms with van der Waals surface area (Å²) >= 11 is 0. The Morgan fingerprint density at radius 3 is 2.53 bits per heavy atom. The minimum atomic E-state index is -4.92. The zero-order chi connectivity index (χ0) is 24.9. The van der Waals surface area contributed by atoms with E-state index in [0.29, 0.717) is 12.8 Å². The maximum atomic E-state index is 12.9. The average molecular weight is 503 g/mol. The predicted molar refractivity (Wildman–Crippen MR) is 118 cm³/mol. The molecule has 2 atom stereocenters. The zero-order valence-electron chi connectivity index (χ0n) is 18.3. The minimum absolute atomic E-state index is 0.0558. The van der Waals surface area contributed by atoms with E-state index >= 15 is 0 Å². The molecule has 1 saturated carbocycles. The molecule has 1 amide bonds. The Bertz CT molecular complexity index is 1120. The molecule has 1 fully saturated rings. The van der Waals surface area contributed by atoms with E-state index in [1.165, 1.54) is 30.3 Å². The maximum absolute atomic E-state index is 12.9. The molecule has 0 radical (unpaired) electrons. The van der Waals surface area contributed by atoms with Crippen molar-refractivity contribution in [3.8, 4) is 11.5 Å². The van der Waals surface area contributed by atoms with Crippen LogP contribution in [0.5, 0.6) is 11.5 Å². The van der Waals surface area contributed by atoms with E-state index in [2.05, 4.69) is 14.8 Å². The molecule has 0 saturated heterocycles. The van der Waals surface area contributed by atoms with Gasteiger partial charge in [-0.25, -0.2) is 8.42 Å². The highest BCUT2D eigenvalue weighted by atomic mass is 32.2. The van der Waals surface area contributed by atoms with Gasteiger partial charge in [0.2, 0.25) is 5.91 Å². The minimum Gasteiger partial charge on any atom is -0.492 e. The lowest BCUT2D eigenvalue weighted by atomic mass is 9.86. The third-order valence-corrected chi connectivity index (χ3v) is 6.61. The molecule has 3 rings (SSSR count). The van der Waals surface area contributed by atoms with Gasteiger partial charge in [0, 0.05) is 17.8 Å². The molecule has 0 heterocycles. The van der Waals surface area contributed by atoms with Crippen molar-refractivity contribution in [3.05, 3.63) is 42.5 Å². The number of sulfonamides is 1. The number of aliphatic hydroxyl groups is 1. The van der Waals surface area contributed by atoms with Crippen molar-refractivity contribution >= 4 is 27.3 Å². The SMILES string of the molecule is CCOc1cc(NC(=O)[C@H]2CCCC[C@H]2O)ccc1S(=O)(=O)Nc1cccc(OC(F)(F)F)c1. The fourth-order valence-corrected chi connectivity index (χ4v) is 4.87. The number of carbonyl (C=O) groups is 1. The number of aliphatic hydroxyl groups excluding tert-OH is 1. The lowest BCUT2D eigenvalue weighted by molar-refractivity contribution is -0.274. The van der Waals surface area contributed by atoms with Crippen LogP contribution in [-0.4, -0.2) is 38.5 Å². The number of ether oxygens (including phenoxy) is 2. The highest BCUT2D eigenvalue weighted by Crippen LogP contribution is 2.32. The third-order valence-electron chi connectivity index (χ3n) is 5.19. The number of halogens is 3. The van der Waals surface area contributed by atoms with Crippen LogP contribution in [0.1, 0.15) is 32.6 Å². The Morgan fingerprint density at radius 2 is 1.85 bits per heavy atom. The van der Waals surface area contributed by atoms with Crippen LogP contribution >= 0.6 is 0 Å². The van der Waals surface area contributed by atoms with Gasteiger partial charge in [0.05, 0.1) is 24.3 Å². The van der Waals surface area contributed by atoms with E-state index in [1.807, 2.05) is 0 Å². The Balaban J connectivity index is 1.81. The van der Waals surface area contributed by atoms with Crippen LogP contribution in [0.25, 0.3) is 0 Å². The van der Waals surface area contributed by atoms with Gasteiger partial charge in [-0.2, -0.15) is 0 Å². The lowest BCUT2D eigenvalue weighted by Crippen LogP contribution is -2.35. The van der Waals surface area contributed by atoms with E-state index < -0.39 is 34.2 Å². The number of hydrogen-bond acceptors (Lipinski definition) is 6. The van der Waals surface area contributed by atoms with Crippen molar-refractivity contribution in [1.82, 2.24) is 0 Å². The second-order valence-electron chi connectivity index (χ2n) is 7.72. The second kappa shape index (κ2) is 10.5. The lowest BCUT2D eigenvalue weighted by Gasteiger charge is -2.26. The van der Waals surface area contributed by atoms with E-state index in [-0.39, 0.29) is 34.5 Å². The number of anilines is 2. The Hall–Kier alpha value is -2.99. The molecule has 2 aromatic rings. The van der Waals surface area contributed by atoms with Crippen LogP contribution in [0.15, 0.2) is 47.4 Å². The molecule has 0 spiro atoms. The van der Waals surface area contributed by atoms with E-state index in [4.69, 9.17) is 4.74 Å². The van der Waals surface area contributed by atoms with Gasteiger partial charge >= 0.3 is 6.36 Å². The topological polar surface area (TPSA) is 114 Å². The molecular weight excluding hydrogens is 477 g/mol. The smallest absolute Gasteiger partial charge is 0.492 e. The molecule has 34 heavy (non-hydrogen) atoms. The number of benzene rings is 2. The molecule has 0 unspecified atom stereocenters. The molecule has 8 nitrogen and oxygen atoms in total. The first kappa shape index (κ1) is 25.6. The normalized spacial score (nSPS) is 18.7. The first-order valence-electron chi connectivity index (χ1n) is 10.6. The molecule has 12 heteroatoms. The summed E-state index contributed by atoms with van der Waals surface area (Å²) in [7, 11) is -4.27. The Morgan fingerprint density at radius 1 is 1.12 bits per heavy atom. The molecule has 3 N–H and O–H groups in total. The number of hydrogen-bond donors (Lipinski definition) is 3. The van der Waals surface area contributed by atoms with E-state index in [1.54, 1.807) is 6.92 Å². The molecular formula is C22H25F3N2O6S. The van der Waals surface area contributed by atoms with Crippen LogP contribution in [0.4, 0.5) is 24.5 Å². The largest absolute Gasteiger partial charge is 0.573 e. The Kier molecular flexibility index (Phi) is 7.93. The number of nitrogens with one attached hydrogen (secondary N) is 2. The van der Waals surface area contributed by atoms with Gasteiger partial charge in [0.25, 0.3) is 10.0 Å². The van der Waals surface area contributed by atoms with Crippen LogP contribution in [0.3, 0.4) is 0 Å². The summed E-state index contributed by atoms with van der Waals surface area (Å²) in [6, 6.07) is 8.34. The van der Waals surface area contributed by atoms with Crippen LogP contribution in [0, 0.1) is 5.92 Å². The van der Waals surface area contributed by atoms with Gasteiger partial charge in [0.1, 0.15) is 16.4 Å². The van der Waals surface area contributed by atoms with Gasteiger partial charge in [0.15, 0.2) is 0 Å². The van der Waals surface area contributed by atoms with Crippen molar-refractivity contribution < 1.29 is 41.0 Å². The second-order valence-corrected chi connectivity index (χ2v) is 9.37. The fraction of sp³-hybridized carbons (Fsp3) is 0.409. The van der Waals surface area contributed by atoms with Crippen molar-refractivity contribution in [2.45, 2.75) is 50.0 Å². The highest BCUT2D eigenvalue weighted by Gasteiger charge is 2.32. The van der Waals surface area contributed by atoms with Crippen molar-refractivity contribution in [2.24, 2.45) is 5.92 Å². The zero-order valence-corrected chi connectivity index (χ0v) is 19.1.